The Morgan fingerprint density at radius 3 is 1.55 bits per heavy atom. The van der Waals surface area contributed by atoms with E-state index in [1.165, 1.54) is 0 Å². The van der Waals surface area contributed by atoms with Crippen LogP contribution in [0.15, 0.2) is 48.5 Å². The Bertz CT molecular complexity index is 1240. The normalized spacial score (nSPS) is 12.5. The van der Waals surface area contributed by atoms with Gasteiger partial charge in [0.1, 0.15) is 45.9 Å². The molecule has 0 aromatic heterocycles. The lowest BCUT2D eigenvalue weighted by molar-refractivity contribution is -0.190. The van der Waals surface area contributed by atoms with E-state index in [0.29, 0.717) is 37.1 Å². The summed E-state index contributed by atoms with van der Waals surface area (Å²) in [6.45, 7) is 1.82. The third-order valence-corrected chi connectivity index (χ3v) is 5.19. The van der Waals surface area contributed by atoms with Gasteiger partial charge < -0.3 is 9.47 Å². The van der Waals surface area contributed by atoms with Crippen LogP contribution in [0.25, 0.3) is 0 Å². The number of unbranched alkanes of at least 4 members (excludes halogenated alkanes) is 1. The van der Waals surface area contributed by atoms with E-state index in [4.69, 9.17) is 0 Å². The maximum Gasteiger partial charge on any atom is 0.432 e. The standard InChI is InChI=1S/C25H17F11O2/c1-2-3-4-13-9-17(26)22(18(27)10-13)25(35,36)37-15-7-5-14(6-8-15)24(33,34)38-16-11-19(28)21(20(29)12-16)23(30,31)32/h5-12H,2-4H2,1H3. The fraction of sp³-hybridized carbons (Fsp3) is 0.280. The molecule has 13 heteroatoms. The van der Waals surface area contributed by atoms with Crippen molar-refractivity contribution in [2.75, 3.05) is 0 Å². The second kappa shape index (κ2) is 10.7. The first kappa shape index (κ1) is 29.1. The molecular formula is C25H17F11O2. The van der Waals surface area contributed by atoms with Gasteiger partial charge in [-0.25, -0.2) is 17.6 Å². The molecule has 0 fully saturated rings. The monoisotopic (exact) mass is 558 g/mol. The molecule has 3 aromatic carbocycles. The number of benzene rings is 3. The van der Waals surface area contributed by atoms with Crippen LogP contribution in [0.1, 0.15) is 42.0 Å². The average molecular weight is 558 g/mol. The zero-order valence-corrected chi connectivity index (χ0v) is 19.2. The van der Waals surface area contributed by atoms with E-state index >= 15 is 0 Å². The third-order valence-electron chi connectivity index (χ3n) is 5.19. The van der Waals surface area contributed by atoms with E-state index in [-0.39, 0.29) is 24.1 Å². The van der Waals surface area contributed by atoms with Crippen molar-refractivity contribution in [2.45, 2.75) is 44.6 Å². The van der Waals surface area contributed by atoms with Crippen molar-refractivity contribution >= 4 is 0 Å². The minimum absolute atomic E-state index is 0.103. The van der Waals surface area contributed by atoms with Crippen LogP contribution in [0.4, 0.5) is 48.3 Å². The van der Waals surface area contributed by atoms with Gasteiger partial charge in [-0.3, -0.25) is 0 Å². The van der Waals surface area contributed by atoms with E-state index in [1.807, 2.05) is 6.92 Å². The lowest BCUT2D eigenvalue weighted by Gasteiger charge is -2.21. The van der Waals surface area contributed by atoms with E-state index in [9.17, 15) is 48.3 Å². The lowest BCUT2D eigenvalue weighted by Crippen LogP contribution is -2.26. The summed E-state index contributed by atoms with van der Waals surface area (Å²) in [5, 5.41) is 0. The summed E-state index contributed by atoms with van der Waals surface area (Å²) in [6, 6.07) is 3.38. The summed E-state index contributed by atoms with van der Waals surface area (Å²) in [5.74, 6) is -9.64. The lowest BCUT2D eigenvalue weighted by atomic mass is 10.0. The summed E-state index contributed by atoms with van der Waals surface area (Å²) >= 11 is 0. The average Bonchev–Trinajstić information content (AvgIpc) is 2.75. The van der Waals surface area contributed by atoms with Crippen LogP contribution in [0.3, 0.4) is 0 Å². The SMILES string of the molecule is CCCCc1cc(F)c(C(F)(F)Oc2ccc(C(F)(F)Oc3cc(F)c(C(F)(F)F)c(F)c3)cc2)c(F)c1. The molecule has 0 saturated carbocycles. The van der Waals surface area contributed by atoms with Crippen molar-refractivity contribution in [1.29, 1.82) is 0 Å². The quantitative estimate of drug-likeness (QED) is 0.244. The number of halogens is 11. The molecule has 38 heavy (non-hydrogen) atoms. The summed E-state index contributed by atoms with van der Waals surface area (Å²) in [7, 11) is 0. The smallest absolute Gasteiger partial charge is 0.429 e. The van der Waals surface area contributed by atoms with E-state index in [1.54, 1.807) is 0 Å². The molecule has 0 heterocycles. The van der Waals surface area contributed by atoms with Gasteiger partial charge in [-0.15, -0.1) is 0 Å². The van der Waals surface area contributed by atoms with Crippen LogP contribution in [-0.2, 0) is 24.8 Å². The zero-order valence-electron chi connectivity index (χ0n) is 19.2. The maximum atomic E-state index is 14.5. The molecule has 0 bridgehead atoms. The van der Waals surface area contributed by atoms with Gasteiger partial charge >= 0.3 is 18.4 Å². The van der Waals surface area contributed by atoms with Crippen molar-refractivity contribution in [3.63, 3.8) is 0 Å². The number of hydrogen-bond acceptors (Lipinski definition) is 2. The first-order chi connectivity index (χ1) is 17.5. The van der Waals surface area contributed by atoms with Crippen LogP contribution < -0.4 is 9.47 Å². The Hall–Kier alpha value is -3.51. The van der Waals surface area contributed by atoms with Crippen LogP contribution >= 0.6 is 0 Å². The van der Waals surface area contributed by atoms with Crippen LogP contribution in [0.5, 0.6) is 11.5 Å². The second-order valence-corrected chi connectivity index (χ2v) is 8.06. The number of hydrogen-bond donors (Lipinski definition) is 0. The Labute approximate surface area is 208 Å². The highest BCUT2D eigenvalue weighted by molar-refractivity contribution is 5.35. The van der Waals surface area contributed by atoms with Crippen molar-refractivity contribution in [2.24, 2.45) is 0 Å². The fourth-order valence-corrected chi connectivity index (χ4v) is 3.43. The third kappa shape index (κ3) is 6.48. The highest BCUT2D eigenvalue weighted by Gasteiger charge is 2.42. The highest BCUT2D eigenvalue weighted by atomic mass is 19.4. The molecule has 3 aromatic rings. The van der Waals surface area contributed by atoms with Crippen molar-refractivity contribution in [3.05, 3.63) is 94.1 Å². The molecule has 0 atom stereocenters. The van der Waals surface area contributed by atoms with Crippen molar-refractivity contribution in [1.82, 2.24) is 0 Å². The van der Waals surface area contributed by atoms with Crippen LogP contribution in [0, 0.1) is 23.3 Å². The molecule has 0 saturated heterocycles. The zero-order chi connectivity index (χ0) is 28.5. The second-order valence-electron chi connectivity index (χ2n) is 8.06. The van der Waals surface area contributed by atoms with Gasteiger partial charge in [0.15, 0.2) is 0 Å². The number of rotatable bonds is 9. The van der Waals surface area contributed by atoms with Crippen LogP contribution in [0.2, 0.25) is 0 Å². The summed E-state index contributed by atoms with van der Waals surface area (Å²) in [5.41, 5.74) is -4.92. The van der Waals surface area contributed by atoms with Gasteiger partial charge in [-0.1, -0.05) is 13.3 Å². The Morgan fingerprint density at radius 2 is 1.08 bits per heavy atom. The van der Waals surface area contributed by atoms with Gasteiger partial charge in [0.2, 0.25) is 0 Å². The molecule has 0 aliphatic carbocycles. The number of alkyl halides is 7. The van der Waals surface area contributed by atoms with E-state index < -0.39 is 69.9 Å². The van der Waals surface area contributed by atoms with Gasteiger partial charge in [-0.05, 0) is 54.8 Å². The molecule has 0 aliphatic rings. The Morgan fingerprint density at radius 1 is 0.605 bits per heavy atom. The molecular weight excluding hydrogens is 541 g/mol. The predicted molar refractivity (Wildman–Crippen MR) is 112 cm³/mol. The van der Waals surface area contributed by atoms with Gasteiger partial charge in [-0.2, -0.15) is 30.7 Å². The highest BCUT2D eigenvalue weighted by Crippen LogP contribution is 2.39. The first-order valence-corrected chi connectivity index (χ1v) is 10.8. The van der Waals surface area contributed by atoms with Gasteiger partial charge in [0.05, 0.1) is 5.56 Å². The number of ether oxygens (including phenoxy) is 2. The molecule has 0 aliphatic heterocycles. The van der Waals surface area contributed by atoms with E-state index in [2.05, 4.69) is 9.47 Å². The first-order valence-electron chi connectivity index (χ1n) is 10.8. The number of aryl methyl sites for hydroxylation is 1. The van der Waals surface area contributed by atoms with Crippen molar-refractivity contribution in [3.8, 4) is 11.5 Å². The molecule has 0 unspecified atom stereocenters. The molecule has 0 N–H and O–H groups in total. The maximum absolute atomic E-state index is 14.5. The van der Waals surface area contributed by atoms with Crippen LogP contribution in [-0.4, -0.2) is 0 Å². The fourth-order valence-electron chi connectivity index (χ4n) is 3.43. The molecule has 0 amide bonds. The molecule has 2 nitrogen and oxygen atoms in total. The van der Waals surface area contributed by atoms with Gasteiger partial charge in [0, 0.05) is 12.1 Å². The van der Waals surface area contributed by atoms with Crippen molar-refractivity contribution < 1.29 is 57.8 Å². The minimum atomic E-state index is -5.43. The Kier molecular flexibility index (Phi) is 8.18. The summed E-state index contributed by atoms with van der Waals surface area (Å²) in [6.07, 6.45) is -12.9. The molecule has 206 valence electrons. The summed E-state index contributed by atoms with van der Waals surface area (Å²) < 4.78 is 160. The summed E-state index contributed by atoms with van der Waals surface area (Å²) in [4.78, 5) is 0. The predicted octanol–water partition coefficient (Wildman–Crippen LogP) is 8.86. The Balaban J connectivity index is 1.79. The van der Waals surface area contributed by atoms with Gasteiger partial charge in [0.25, 0.3) is 0 Å². The topological polar surface area (TPSA) is 18.5 Å². The molecule has 0 radical (unpaired) electrons. The van der Waals surface area contributed by atoms with E-state index in [0.717, 1.165) is 12.1 Å². The molecule has 0 spiro atoms. The minimum Gasteiger partial charge on any atom is -0.429 e. The molecule has 3 rings (SSSR count). The largest absolute Gasteiger partial charge is 0.432 e.